The van der Waals surface area contributed by atoms with Crippen LogP contribution in [0.1, 0.15) is 49.9 Å². The van der Waals surface area contributed by atoms with Crippen molar-refractivity contribution < 1.29 is 0 Å². The van der Waals surface area contributed by atoms with Gasteiger partial charge in [0, 0.05) is 27.6 Å². The maximum Gasteiger partial charge on any atom is 0.0540 e. The molecule has 9 aromatic carbocycles. The van der Waals surface area contributed by atoms with Crippen molar-refractivity contribution in [1.29, 1.82) is 0 Å². The van der Waals surface area contributed by atoms with Gasteiger partial charge < -0.3 is 4.90 Å². The molecule has 0 radical (unpaired) electrons. The second-order valence-corrected chi connectivity index (χ2v) is 17.0. The van der Waals surface area contributed by atoms with Crippen molar-refractivity contribution in [1.82, 2.24) is 0 Å². The fourth-order valence-corrected chi connectivity index (χ4v) is 9.93. The van der Waals surface area contributed by atoms with Crippen LogP contribution in [0.3, 0.4) is 0 Å². The zero-order chi connectivity index (χ0) is 38.5. The van der Waals surface area contributed by atoms with Crippen LogP contribution in [0, 0.1) is 0 Å². The van der Waals surface area contributed by atoms with E-state index >= 15 is 0 Å². The number of anilines is 3. The lowest BCUT2D eigenvalue weighted by molar-refractivity contribution is 0.660. The standard InChI is InChI=1S/C56H43N/c1-55(2)50-18-10-9-17-46(50)47-29-24-41(33-51(47)55)37-22-26-43(27-23-37)57(54-19-11-15-38-13-7-8-16-45(38)54)44-28-31-49-48-30-25-42(34-52(48)56(3,4)53(49)35-44)40-21-20-36-12-5-6-14-39(36)32-40/h5-35H,1-4H3. The van der Waals surface area contributed by atoms with Crippen molar-refractivity contribution in [2.75, 3.05) is 4.90 Å². The summed E-state index contributed by atoms with van der Waals surface area (Å²) in [7, 11) is 0. The third-order valence-electron chi connectivity index (χ3n) is 13.1. The van der Waals surface area contributed by atoms with Gasteiger partial charge in [-0.15, -0.1) is 0 Å². The molecule has 0 heterocycles. The maximum atomic E-state index is 2.45. The van der Waals surface area contributed by atoms with Gasteiger partial charge in [0.25, 0.3) is 0 Å². The molecule has 0 spiro atoms. The molecule has 272 valence electrons. The number of hydrogen-bond donors (Lipinski definition) is 0. The summed E-state index contributed by atoms with van der Waals surface area (Å²) in [6.45, 7) is 9.48. The third-order valence-corrected chi connectivity index (χ3v) is 13.1. The van der Waals surface area contributed by atoms with Crippen LogP contribution < -0.4 is 4.90 Å². The van der Waals surface area contributed by atoms with Gasteiger partial charge in [0.2, 0.25) is 0 Å². The Morgan fingerprint density at radius 1 is 0.316 bits per heavy atom. The first-order valence-electron chi connectivity index (χ1n) is 20.2. The van der Waals surface area contributed by atoms with Gasteiger partial charge in [-0.3, -0.25) is 0 Å². The molecule has 1 heteroatoms. The lowest BCUT2D eigenvalue weighted by Crippen LogP contribution is -2.17. The molecule has 1 nitrogen and oxygen atoms in total. The van der Waals surface area contributed by atoms with E-state index < -0.39 is 0 Å². The van der Waals surface area contributed by atoms with Crippen LogP contribution >= 0.6 is 0 Å². The lowest BCUT2D eigenvalue weighted by Gasteiger charge is -2.29. The summed E-state index contributed by atoms with van der Waals surface area (Å²) in [5.74, 6) is 0. The number of nitrogens with zero attached hydrogens (tertiary/aromatic N) is 1. The van der Waals surface area contributed by atoms with Crippen LogP contribution in [0.4, 0.5) is 17.1 Å². The van der Waals surface area contributed by atoms with Crippen molar-refractivity contribution >= 4 is 38.6 Å². The van der Waals surface area contributed by atoms with Crippen molar-refractivity contribution in [2.24, 2.45) is 0 Å². The van der Waals surface area contributed by atoms with Crippen molar-refractivity contribution in [3.8, 4) is 44.5 Å². The van der Waals surface area contributed by atoms with Gasteiger partial charge in [-0.05, 0) is 131 Å². The summed E-state index contributed by atoms with van der Waals surface area (Å²) in [4.78, 5) is 2.45. The summed E-state index contributed by atoms with van der Waals surface area (Å²) >= 11 is 0. The van der Waals surface area contributed by atoms with Gasteiger partial charge in [0.05, 0.1) is 5.69 Å². The number of rotatable bonds is 5. The van der Waals surface area contributed by atoms with Gasteiger partial charge in [-0.25, -0.2) is 0 Å². The Kier molecular flexibility index (Phi) is 7.32. The molecule has 57 heavy (non-hydrogen) atoms. The Balaban J connectivity index is 0.999. The normalized spacial score (nSPS) is 14.2. The van der Waals surface area contributed by atoms with Crippen molar-refractivity contribution in [3.05, 3.63) is 210 Å². The van der Waals surface area contributed by atoms with Gasteiger partial charge in [0.1, 0.15) is 0 Å². The van der Waals surface area contributed by atoms with Crippen molar-refractivity contribution in [2.45, 2.75) is 38.5 Å². The highest BCUT2D eigenvalue weighted by Gasteiger charge is 2.37. The number of hydrogen-bond acceptors (Lipinski definition) is 1. The summed E-state index contributed by atoms with van der Waals surface area (Å²) in [6.07, 6.45) is 0. The van der Waals surface area contributed by atoms with Crippen LogP contribution in [0.5, 0.6) is 0 Å². The molecule has 9 aromatic rings. The average molecular weight is 730 g/mol. The molecule has 0 bridgehead atoms. The van der Waals surface area contributed by atoms with E-state index in [0.717, 1.165) is 11.4 Å². The molecule has 0 aliphatic heterocycles. The molecule has 2 aliphatic rings. The molecule has 0 saturated heterocycles. The van der Waals surface area contributed by atoms with Gasteiger partial charge in [-0.2, -0.15) is 0 Å². The van der Waals surface area contributed by atoms with Crippen LogP contribution in [0.25, 0.3) is 66.1 Å². The Hall–Kier alpha value is -6.70. The second kappa shape index (κ2) is 12.4. The molecule has 2 aliphatic carbocycles. The highest BCUT2D eigenvalue weighted by Crippen LogP contribution is 2.53. The first-order chi connectivity index (χ1) is 27.8. The molecule has 0 amide bonds. The fraction of sp³-hybridized carbons (Fsp3) is 0.107. The highest BCUT2D eigenvalue weighted by molar-refractivity contribution is 6.00. The SMILES string of the molecule is CC1(C)c2ccccc2-c2ccc(-c3ccc(N(c4ccc5c(c4)C(C)(C)c4cc(-c6ccc7ccccc7c6)ccc4-5)c4cccc5ccccc45)cc3)cc21. The molecule has 0 aromatic heterocycles. The summed E-state index contributed by atoms with van der Waals surface area (Å²) in [5.41, 5.74) is 19.1. The van der Waals surface area contributed by atoms with E-state index in [-0.39, 0.29) is 10.8 Å². The maximum absolute atomic E-state index is 2.45. The number of fused-ring (bicyclic) bond motifs is 8. The zero-order valence-electron chi connectivity index (χ0n) is 32.8. The zero-order valence-corrected chi connectivity index (χ0v) is 32.8. The molecule has 0 fully saturated rings. The van der Waals surface area contributed by atoms with E-state index in [1.54, 1.807) is 0 Å². The fourth-order valence-electron chi connectivity index (χ4n) is 9.93. The number of benzene rings is 9. The topological polar surface area (TPSA) is 3.24 Å². The minimum atomic E-state index is -0.178. The van der Waals surface area contributed by atoms with Crippen LogP contribution in [-0.4, -0.2) is 0 Å². The van der Waals surface area contributed by atoms with Crippen LogP contribution in [-0.2, 0) is 10.8 Å². The van der Waals surface area contributed by atoms with E-state index in [4.69, 9.17) is 0 Å². The average Bonchev–Trinajstić information content (AvgIpc) is 3.62. The minimum absolute atomic E-state index is 0.0357. The quantitative estimate of drug-likeness (QED) is 0.170. The van der Waals surface area contributed by atoms with Crippen molar-refractivity contribution in [3.63, 3.8) is 0 Å². The second-order valence-electron chi connectivity index (χ2n) is 17.0. The Bertz CT molecular complexity index is 3070. The van der Waals surface area contributed by atoms with Gasteiger partial charge >= 0.3 is 0 Å². The summed E-state index contributed by atoms with van der Waals surface area (Å²) in [5, 5.41) is 5.00. The summed E-state index contributed by atoms with van der Waals surface area (Å²) < 4.78 is 0. The van der Waals surface area contributed by atoms with Crippen LogP contribution in [0.2, 0.25) is 0 Å². The van der Waals surface area contributed by atoms with Gasteiger partial charge in [-0.1, -0.05) is 167 Å². The predicted octanol–water partition coefficient (Wildman–Crippen LogP) is 15.4. The molecule has 11 rings (SSSR count). The largest absolute Gasteiger partial charge is 0.310 e. The van der Waals surface area contributed by atoms with E-state index in [1.807, 2.05) is 0 Å². The van der Waals surface area contributed by atoms with Crippen LogP contribution in [0.15, 0.2) is 188 Å². The molecular formula is C56H43N. The molecule has 0 saturated carbocycles. The lowest BCUT2D eigenvalue weighted by atomic mass is 9.81. The Labute approximate surface area is 335 Å². The van der Waals surface area contributed by atoms with E-state index in [0.29, 0.717) is 0 Å². The molecule has 0 N–H and O–H groups in total. The van der Waals surface area contributed by atoms with E-state index in [9.17, 15) is 0 Å². The predicted molar refractivity (Wildman–Crippen MR) is 242 cm³/mol. The van der Waals surface area contributed by atoms with E-state index in [2.05, 4.69) is 221 Å². The molecule has 0 unspecified atom stereocenters. The monoisotopic (exact) mass is 729 g/mol. The molecular weight excluding hydrogens is 687 g/mol. The Morgan fingerprint density at radius 2 is 0.807 bits per heavy atom. The van der Waals surface area contributed by atoms with E-state index in [1.165, 1.54) is 94.0 Å². The summed E-state index contributed by atoms with van der Waals surface area (Å²) in [6, 6.07) is 70.1. The molecule has 0 atom stereocenters. The smallest absolute Gasteiger partial charge is 0.0540 e. The highest BCUT2D eigenvalue weighted by atomic mass is 15.1. The Morgan fingerprint density at radius 3 is 1.56 bits per heavy atom. The van der Waals surface area contributed by atoms with Gasteiger partial charge in [0.15, 0.2) is 0 Å². The first-order valence-corrected chi connectivity index (χ1v) is 20.2. The first kappa shape index (κ1) is 33.6. The third kappa shape index (κ3) is 5.15. The minimum Gasteiger partial charge on any atom is -0.310 e.